The summed E-state index contributed by atoms with van der Waals surface area (Å²) in [6, 6.07) is 9.44. The summed E-state index contributed by atoms with van der Waals surface area (Å²) < 4.78 is 12.0. The van der Waals surface area contributed by atoms with Crippen LogP contribution in [0.4, 0.5) is 5.69 Å². The fraction of sp³-hybridized carbons (Fsp3) is 0.696. The lowest BCUT2D eigenvalue weighted by atomic mass is 9.87. The van der Waals surface area contributed by atoms with Crippen molar-refractivity contribution in [2.45, 2.75) is 70.6 Å². The van der Waals surface area contributed by atoms with Crippen LogP contribution in [0.2, 0.25) is 0 Å². The van der Waals surface area contributed by atoms with Gasteiger partial charge in [0.2, 0.25) is 0 Å². The number of anilines is 1. The van der Waals surface area contributed by atoms with Gasteiger partial charge in [-0.15, -0.1) is 0 Å². The molecule has 1 unspecified atom stereocenters. The zero-order chi connectivity index (χ0) is 21.7. The summed E-state index contributed by atoms with van der Waals surface area (Å²) in [6.45, 7) is 15.5. The molecule has 164 valence electrons. The fourth-order valence-corrected chi connectivity index (χ4v) is 4.31. The number of hydrogen-bond donors (Lipinski definition) is 2. The lowest BCUT2D eigenvalue weighted by Gasteiger charge is -2.35. The summed E-state index contributed by atoms with van der Waals surface area (Å²) in [4.78, 5) is 6.80. The van der Waals surface area contributed by atoms with Gasteiger partial charge in [0.05, 0.1) is 0 Å². The molecule has 2 rings (SSSR count). The van der Waals surface area contributed by atoms with E-state index in [9.17, 15) is 4.21 Å². The van der Waals surface area contributed by atoms with Gasteiger partial charge in [-0.1, -0.05) is 32.9 Å². The normalized spacial score (nSPS) is 17.9. The topological polar surface area (TPSA) is 56.7 Å². The predicted molar refractivity (Wildman–Crippen MR) is 128 cm³/mol. The first kappa shape index (κ1) is 23.7. The quantitative estimate of drug-likeness (QED) is 0.564. The molecule has 5 nitrogen and oxygen atoms in total. The van der Waals surface area contributed by atoms with Gasteiger partial charge in [-0.3, -0.25) is 9.20 Å². The summed E-state index contributed by atoms with van der Waals surface area (Å²) in [6.07, 6.45) is 2.16. The highest BCUT2D eigenvalue weighted by Gasteiger charge is 2.22. The van der Waals surface area contributed by atoms with Crippen LogP contribution in [0.5, 0.6) is 0 Å². The Bertz CT molecular complexity index is 693. The lowest BCUT2D eigenvalue weighted by Crippen LogP contribution is -2.49. The Hall–Kier alpha value is -1.56. The van der Waals surface area contributed by atoms with Gasteiger partial charge in [0.15, 0.2) is 5.96 Å². The molecule has 29 heavy (non-hydrogen) atoms. The predicted octanol–water partition coefficient (Wildman–Crippen LogP) is 3.67. The number of benzene rings is 1. The Morgan fingerprint density at radius 1 is 1.10 bits per heavy atom. The van der Waals surface area contributed by atoms with Crippen LogP contribution in [0.25, 0.3) is 0 Å². The first-order valence-electron chi connectivity index (χ1n) is 10.7. The molecule has 0 aromatic heterocycles. The van der Waals surface area contributed by atoms with Crippen molar-refractivity contribution in [2.75, 3.05) is 37.3 Å². The van der Waals surface area contributed by atoms with Crippen molar-refractivity contribution in [3.63, 3.8) is 0 Å². The van der Waals surface area contributed by atoms with Crippen molar-refractivity contribution in [3.8, 4) is 0 Å². The Labute approximate surface area is 180 Å². The minimum atomic E-state index is -0.848. The molecule has 2 N–H and O–H groups in total. The third kappa shape index (κ3) is 7.32. The van der Waals surface area contributed by atoms with Crippen LogP contribution >= 0.6 is 0 Å². The van der Waals surface area contributed by atoms with Crippen molar-refractivity contribution < 1.29 is 4.21 Å². The minimum absolute atomic E-state index is 0.170. The molecule has 0 radical (unpaired) electrons. The van der Waals surface area contributed by atoms with Crippen LogP contribution in [-0.4, -0.2) is 53.4 Å². The molecule has 0 saturated carbocycles. The third-order valence-corrected chi connectivity index (χ3v) is 7.36. The number of aliphatic imine (C=N–C) groups is 1. The lowest BCUT2D eigenvalue weighted by molar-refractivity contribution is 0.462. The van der Waals surface area contributed by atoms with Crippen molar-refractivity contribution in [2.24, 2.45) is 4.99 Å². The maximum atomic E-state index is 12.2. The Morgan fingerprint density at radius 2 is 1.69 bits per heavy atom. The number of piperidine rings is 1. The van der Waals surface area contributed by atoms with Gasteiger partial charge in [-0.05, 0) is 56.7 Å². The number of nitrogens with zero attached hydrogens (tertiary/aromatic N) is 2. The number of guanidine groups is 1. The summed E-state index contributed by atoms with van der Waals surface area (Å²) in [7, 11) is 0.946. The molecule has 1 aromatic rings. The second-order valence-corrected chi connectivity index (χ2v) is 12.2. The number of rotatable bonds is 5. The van der Waals surface area contributed by atoms with E-state index in [1.54, 1.807) is 7.05 Å². The van der Waals surface area contributed by atoms with Crippen LogP contribution < -0.4 is 15.5 Å². The monoisotopic (exact) mass is 420 g/mol. The van der Waals surface area contributed by atoms with Gasteiger partial charge in [-0.2, -0.15) is 0 Å². The van der Waals surface area contributed by atoms with Crippen LogP contribution in [0, 0.1) is 0 Å². The standard InChI is InChI=1S/C23H40N4OS/c1-22(2,3)18-8-10-20(11-9-18)27-15-12-19(13-16-27)26-21(24-7)25-14-17-29(28)23(4,5)6/h8-11,19H,12-17H2,1-7H3,(H2,24,25,26). The van der Waals surface area contributed by atoms with Crippen molar-refractivity contribution in [1.82, 2.24) is 10.6 Å². The average Bonchev–Trinajstić information content (AvgIpc) is 2.66. The molecule has 0 bridgehead atoms. The number of nitrogens with one attached hydrogen (secondary N) is 2. The molecule has 6 heteroatoms. The molecule has 1 heterocycles. The zero-order valence-electron chi connectivity index (χ0n) is 19.3. The van der Waals surface area contributed by atoms with E-state index in [1.165, 1.54) is 11.3 Å². The Balaban J connectivity index is 1.79. The molecular weight excluding hydrogens is 380 g/mol. The molecule has 1 atom stereocenters. The van der Waals surface area contributed by atoms with Gasteiger partial charge in [0, 0.05) is 59.7 Å². The van der Waals surface area contributed by atoms with Crippen molar-refractivity contribution in [1.29, 1.82) is 0 Å². The molecule has 0 amide bonds. The van der Waals surface area contributed by atoms with Gasteiger partial charge in [0.25, 0.3) is 0 Å². The third-order valence-electron chi connectivity index (χ3n) is 5.42. The fourth-order valence-electron chi connectivity index (χ4n) is 3.41. The molecule has 0 aliphatic carbocycles. The first-order chi connectivity index (χ1) is 13.5. The minimum Gasteiger partial charge on any atom is -0.371 e. The summed E-state index contributed by atoms with van der Waals surface area (Å²) in [5.41, 5.74) is 2.88. The van der Waals surface area contributed by atoms with E-state index >= 15 is 0 Å². The smallest absolute Gasteiger partial charge is 0.191 e. The van der Waals surface area contributed by atoms with E-state index in [-0.39, 0.29) is 10.2 Å². The number of hydrogen-bond acceptors (Lipinski definition) is 3. The van der Waals surface area contributed by atoms with Gasteiger partial charge in [0.1, 0.15) is 0 Å². The molecule has 1 saturated heterocycles. The highest BCUT2D eigenvalue weighted by atomic mass is 32.2. The van der Waals surface area contributed by atoms with Crippen LogP contribution in [0.15, 0.2) is 29.3 Å². The maximum absolute atomic E-state index is 12.2. The van der Waals surface area contributed by atoms with E-state index in [0.717, 1.165) is 31.9 Å². The first-order valence-corrected chi connectivity index (χ1v) is 12.0. The molecule has 1 aromatic carbocycles. The second kappa shape index (κ2) is 9.96. The molecule has 1 aliphatic rings. The highest BCUT2D eigenvalue weighted by Crippen LogP contribution is 2.26. The summed E-state index contributed by atoms with van der Waals surface area (Å²) in [5.74, 6) is 1.44. The van der Waals surface area contributed by atoms with Crippen LogP contribution in [-0.2, 0) is 16.2 Å². The van der Waals surface area contributed by atoms with Gasteiger partial charge in [-0.25, -0.2) is 0 Å². The Kier molecular flexibility index (Phi) is 8.15. The van der Waals surface area contributed by atoms with E-state index in [2.05, 4.69) is 65.6 Å². The van der Waals surface area contributed by atoms with Gasteiger partial charge >= 0.3 is 0 Å². The highest BCUT2D eigenvalue weighted by molar-refractivity contribution is 7.86. The average molecular weight is 421 g/mol. The zero-order valence-corrected chi connectivity index (χ0v) is 20.2. The van der Waals surface area contributed by atoms with Crippen LogP contribution in [0.1, 0.15) is 59.9 Å². The molecule has 1 fully saturated rings. The Morgan fingerprint density at radius 3 is 2.17 bits per heavy atom. The summed E-state index contributed by atoms with van der Waals surface area (Å²) >= 11 is 0. The molecule has 1 aliphatic heterocycles. The second-order valence-electron chi connectivity index (χ2n) is 9.86. The molecular formula is C23H40N4OS. The van der Waals surface area contributed by atoms with Crippen LogP contribution in [0.3, 0.4) is 0 Å². The van der Waals surface area contributed by atoms with E-state index in [1.807, 2.05) is 20.8 Å². The summed E-state index contributed by atoms with van der Waals surface area (Å²) in [5, 5.41) is 6.85. The van der Waals surface area contributed by atoms with Crippen molar-refractivity contribution >= 4 is 22.4 Å². The van der Waals surface area contributed by atoms with E-state index in [0.29, 0.717) is 18.3 Å². The van der Waals surface area contributed by atoms with E-state index in [4.69, 9.17) is 0 Å². The van der Waals surface area contributed by atoms with Gasteiger partial charge < -0.3 is 15.5 Å². The molecule has 0 spiro atoms. The van der Waals surface area contributed by atoms with E-state index < -0.39 is 10.8 Å². The largest absolute Gasteiger partial charge is 0.371 e. The van der Waals surface area contributed by atoms with Crippen molar-refractivity contribution in [3.05, 3.63) is 29.8 Å². The maximum Gasteiger partial charge on any atom is 0.191 e. The SMILES string of the molecule is CN=C(NCCS(=O)C(C)(C)C)NC1CCN(c2ccc(C(C)(C)C)cc2)CC1.